The number of fused-ring (bicyclic) bond motifs is 1. The molecule has 11 heteroatoms. The first-order valence-electron chi connectivity index (χ1n) is 9.48. The fourth-order valence-corrected chi connectivity index (χ4v) is 3.49. The molecule has 0 atom stereocenters. The molecule has 0 amide bonds. The first-order chi connectivity index (χ1) is 15.2. The van der Waals surface area contributed by atoms with Gasteiger partial charge in [0.1, 0.15) is 24.6 Å². The monoisotopic (exact) mass is 474 g/mol. The number of aryl methyl sites for hydroxylation is 1. The van der Waals surface area contributed by atoms with Crippen LogP contribution in [0.2, 0.25) is 5.02 Å². The van der Waals surface area contributed by atoms with E-state index in [1.54, 1.807) is 54.0 Å². The maximum absolute atomic E-state index is 12.7. The summed E-state index contributed by atoms with van der Waals surface area (Å²) in [5.74, 6) is 0.420. The van der Waals surface area contributed by atoms with Gasteiger partial charge in [-0.1, -0.05) is 11.6 Å². The average molecular weight is 475 g/mol. The normalized spacial score (nSPS) is 11.7. The molecule has 0 saturated heterocycles. The molecule has 4 aromatic heterocycles. The maximum atomic E-state index is 12.7. The molecule has 4 rings (SSSR count). The zero-order valence-corrected chi connectivity index (χ0v) is 18.8. The number of halogens is 1. The molecule has 32 heavy (non-hydrogen) atoms. The standard InChI is InChI=1S/C21H19ClN4O5S/c1-14-19(13-31-32(2,28)29)24-20-6-5-17(11-26(14)20)25-8-7-18(9-21(25)27)30-12-16-4-3-15(22)10-23-16/h3-11H,12-13H2,1-2H3. The molecule has 0 aromatic carbocycles. The zero-order valence-electron chi connectivity index (χ0n) is 17.2. The maximum Gasteiger partial charge on any atom is 0.264 e. The smallest absolute Gasteiger partial charge is 0.264 e. The summed E-state index contributed by atoms with van der Waals surface area (Å²) in [6.07, 6.45) is 5.89. The number of rotatable bonds is 7. The molecule has 0 fully saturated rings. The fraction of sp³-hybridized carbons (Fsp3) is 0.190. The Bertz CT molecular complexity index is 1450. The highest BCUT2D eigenvalue weighted by Gasteiger charge is 2.13. The van der Waals surface area contributed by atoms with E-state index < -0.39 is 10.1 Å². The summed E-state index contributed by atoms with van der Waals surface area (Å²) in [7, 11) is -3.58. The van der Waals surface area contributed by atoms with Crippen molar-refractivity contribution in [3.63, 3.8) is 0 Å². The number of imidazole rings is 1. The van der Waals surface area contributed by atoms with Gasteiger partial charge in [0, 0.05) is 30.4 Å². The van der Waals surface area contributed by atoms with E-state index in [1.807, 2.05) is 0 Å². The van der Waals surface area contributed by atoms with Crippen molar-refractivity contribution in [3.05, 3.63) is 87.4 Å². The molecule has 166 valence electrons. The number of aromatic nitrogens is 4. The van der Waals surface area contributed by atoms with E-state index in [4.69, 9.17) is 20.5 Å². The van der Waals surface area contributed by atoms with Crippen LogP contribution in [0.15, 0.2) is 59.8 Å². The SMILES string of the molecule is Cc1c(COS(C)(=O)=O)nc2ccc(-n3ccc(OCc4ccc(Cl)cn4)cc3=O)cn12. The molecular weight excluding hydrogens is 456 g/mol. The van der Waals surface area contributed by atoms with E-state index >= 15 is 0 Å². The Morgan fingerprint density at radius 1 is 1.12 bits per heavy atom. The Morgan fingerprint density at radius 3 is 2.62 bits per heavy atom. The Kier molecular flexibility index (Phi) is 6.00. The van der Waals surface area contributed by atoms with Crippen molar-refractivity contribution in [2.45, 2.75) is 20.1 Å². The Morgan fingerprint density at radius 2 is 1.94 bits per heavy atom. The Hall–Kier alpha value is -3.21. The zero-order chi connectivity index (χ0) is 22.9. The van der Waals surface area contributed by atoms with E-state index in [2.05, 4.69) is 9.97 Å². The van der Waals surface area contributed by atoms with E-state index in [9.17, 15) is 13.2 Å². The Labute approximate surface area is 189 Å². The predicted octanol–water partition coefficient (Wildman–Crippen LogP) is 2.90. The minimum atomic E-state index is -3.58. The van der Waals surface area contributed by atoms with Gasteiger partial charge in [-0.05, 0) is 37.3 Å². The molecule has 0 saturated carbocycles. The predicted molar refractivity (Wildman–Crippen MR) is 119 cm³/mol. The summed E-state index contributed by atoms with van der Waals surface area (Å²) >= 11 is 5.82. The molecule has 0 unspecified atom stereocenters. The first kappa shape index (κ1) is 22.0. The topological polar surface area (TPSA) is 105 Å². The molecule has 0 radical (unpaired) electrons. The number of hydrogen-bond donors (Lipinski definition) is 0. The number of pyridine rings is 3. The average Bonchev–Trinajstić information content (AvgIpc) is 3.06. The van der Waals surface area contributed by atoms with Gasteiger partial charge in [0.25, 0.3) is 15.7 Å². The highest BCUT2D eigenvalue weighted by molar-refractivity contribution is 7.85. The van der Waals surface area contributed by atoms with Gasteiger partial charge in [-0.3, -0.25) is 18.5 Å². The van der Waals surface area contributed by atoms with E-state index in [0.29, 0.717) is 39.2 Å². The third-order valence-corrected chi connectivity index (χ3v) is 5.46. The van der Waals surface area contributed by atoms with E-state index in [1.165, 1.54) is 16.8 Å². The van der Waals surface area contributed by atoms with Crippen LogP contribution in [0.4, 0.5) is 0 Å². The molecule has 0 bridgehead atoms. The van der Waals surface area contributed by atoms with Crippen LogP contribution < -0.4 is 10.3 Å². The molecule has 0 aliphatic rings. The highest BCUT2D eigenvalue weighted by Crippen LogP contribution is 2.17. The Balaban J connectivity index is 1.56. The second kappa shape index (κ2) is 8.73. The van der Waals surface area contributed by atoms with Crippen molar-refractivity contribution < 1.29 is 17.3 Å². The van der Waals surface area contributed by atoms with Gasteiger partial charge in [-0.25, -0.2) is 4.98 Å². The lowest BCUT2D eigenvalue weighted by molar-refractivity contribution is 0.300. The van der Waals surface area contributed by atoms with Gasteiger partial charge >= 0.3 is 0 Å². The fourth-order valence-electron chi connectivity index (χ4n) is 3.05. The minimum absolute atomic E-state index is 0.157. The van der Waals surface area contributed by atoms with E-state index in [0.717, 1.165) is 6.26 Å². The van der Waals surface area contributed by atoms with Gasteiger partial charge in [-0.2, -0.15) is 8.42 Å². The van der Waals surface area contributed by atoms with Crippen LogP contribution in [0.1, 0.15) is 17.1 Å². The molecule has 0 aliphatic heterocycles. The molecule has 0 spiro atoms. The van der Waals surface area contributed by atoms with Gasteiger partial charge in [0.05, 0.1) is 28.4 Å². The van der Waals surface area contributed by atoms with Gasteiger partial charge in [0.2, 0.25) is 0 Å². The van der Waals surface area contributed by atoms with Crippen molar-refractivity contribution in [3.8, 4) is 11.4 Å². The van der Waals surface area contributed by atoms with Crippen molar-refractivity contribution in [1.29, 1.82) is 0 Å². The van der Waals surface area contributed by atoms with Crippen LogP contribution in [0, 0.1) is 6.92 Å². The third kappa shape index (κ3) is 4.98. The molecule has 0 aliphatic carbocycles. The lowest BCUT2D eigenvalue weighted by atomic mass is 10.3. The van der Waals surface area contributed by atoms with E-state index in [-0.39, 0.29) is 18.8 Å². The van der Waals surface area contributed by atoms with Crippen LogP contribution >= 0.6 is 11.6 Å². The van der Waals surface area contributed by atoms with Crippen molar-refractivity contribution >= 4 is 27.4 Å². The molecule has 4 aromatic rings. The third-order valence-electron chi connectivity index (χ3n) is 4.69. The van der Waals surface area contributed by atoms with Gasteiger partial charge in [-0.15, -0.1) is 0 Å². The number of nitrogens with zero attached hydrogens (tertiary/aromatic N) is 4. The van der Waals surface area contributed by atoms with Crippen LogP contribution in [-0.2, 0) is 27.5 Å². The lowest BCUT2D eigenvalue weighted by Gasteiger charge is -2.09. The second-order valence-electron chi connectivity index (χ2n) is 7.05. The largest absolute Gasteiger partial charge is 0.487 e. The summed E-state index contributed by atoms with van der Waals surface area (Å²) in [6, 6.07) is 10.1. The summed E-state index contributed by atoms with van der Waals surface area (Å²) in [6.45, 7) is 1.85. The minimum Gasteiger partial charge on any atom is -0.487 e. The van der Waals surface area contributed by atoms with Crippen LogP contribution in [0.5, 0.6) is 5.75 Å². The summed E-state index contributed by atoms with van der Waals surface area (Å²) in [4.78, 5) is 21.2. The molecule has 0 N–H and O–H groups in total. The highest BCUT2D eigenvalue weighted by atomic mass is 35.5. The second-order valence-corrected chi connectivity index (χ2v) is 9.13. The van der Waals surface area contributed by atoms with Crippen LogP contribution in [0.25, 0.3) is 11.3 Å². The first-order valence-corrected chi connectivity index (χ1v) is 11.7. The molecule has 9 nitrogen and oxygen atoms in total. The van der Waals surface area contributed by atoms with Crippen molar-refractivity contribution in [2.75, 3.05) is 6.26 Å². The quantitative estimate of drug-likeness (QED) is 0.379. The van der Waals surface area contributed by atoms with Gasteiger partial charge < -0.3 is 9.14 Å². The van der Waals surface area contributed by atoms with Crippen LogP contribution in [-0.4, -0.2) is 33.6 Å². The van der Waals surface area contributed by atoms with Gasteiger partial charge in [0.15, 0.2) is 0 Å². The summed E-state index contributed by atoms with van der Waals surface area (Å²) in [5, 5.41) is 0.538. The summed E-state index contributed by atoms with van der Waals surface area (Å²) in [5.41, 5.74) is 2.86. The van der Waals surface area contributed by atoms with Crippen LogP contribution in [0.3, 0.4) is 0 Å². The summed E-state index contributed by atoms with van der Waals surface area (Å²) < 4.78 is 36.3. The van der Waals surface area contributed by atoms with Crippen molar-refractivity contribution in [2.24, 2.45) is 0 Å². The molecule has 4 heterocycles. The lowest BCUT2D eigenvalue weighted by Crippen LogP contribution is -2.17. The number of hydrogen-bond acceptors (Lipinski definition) is 7. The van der Waals surface area contributed by atoms with Crippen molar-refractivity contribution in [1.82, 2.24) is 18.9 Å². The number of ether oxygens (including phenoxy) is 1. The molecular formula is C21H19ClN4O5S.